The normalized spacial score (nSPS) is 14.7. The van der Waals surface area contributed by atoms with Crippen LogP contribution < -0.4 is 21.2 Å². The number of aromatic amines is 1. The number of anilines is 1. The summed E-state index contributed by atoms with van der Waals surface area (Å²) in [6, 6.07) is 5.25. The van der Waals surface area contributed by atoms with Gasteiger partial charge in [-0.15, -0.1) is 0 Å². The number of hydrogen-bond donors (Lipinski definition) is 2. The lowest BCUT2D eigenvalue weighted by atomic mass is 10.1. The number of pyridine rings is 2. The van der Waals surface area contributed by atoms with Crippen LogP contribution in [-0.2, 0) is 13.0 Å². The first-order valence-corrected chi connectivity index (χ1v) is 10.3. The summed E-state index contributed by atoms with van der Waals surface area (Å²) in [7, 11) is 1.58. The van der Waals surface area contributed by atoms with E-state index in [-0.39, 0.29) is 22.4 Å². The van der Waals surface area contributed by atoms with Crippen LogP contribution in [0.4, 0.5) is 5.69 Å². The number of fused-ring (bicyclic) bond motifs is 1. The summed E-state index contributed by atoms with van der Waals surface area (Å²) in [5.74, 6) is -0.210. The van der Waals surface area contributed by atoms with Crippen LogP contribution >= 0.6 is 0 Å². The van der Waals surface area contributed by atoms with Crippen molar-refractivity contribution in [2.45, 2.75) is 19.9 Å². The fourth-order valence-electron chi connectivity index (χ4n) is 3.77. The summed E-state index contributed by atoms with van der Waals surface area (Å²) in [6.07, 6.45) is 3.78. The Balaban J connectivity index is 1.43. The Morgan fingerprint density at radius 3 is 2.61 bits per heavy atom. The van der Waals surface area contributed by atoms with Crippen molar-refractivity contribution in [1.82, 2.24) is 20.2 Å². The maximum atomic E-state index is 12.8. The van der Waals surface area contributed by atoms with Crippen LogP contribution in [0, 0.1) is 0 Å². The Hall–Kier alpha value is -3.46. The van der Waals surface area contributed by atoms with Crippen LogP contribution in [0.5, 0.6) is 0 Å². The first kappa shape index (κ1) is 20.8. The molecule has 4 heterocycles. The molecule has 1 saturated heterocycles. The van der Waals surface area contributed by atoms with Crippen LogP contribution in [0.2, 0.25) is 0 Å². The molecule has 1 fully saturated rings. The average molecular weight is 423 g/mol. The number of carbonyl (C=O) groups excluding carboxylic acids is 1. The quantitative estimate of drug-likeness (QED) is 0.633. The third-order valence-corrected chi connectivity index (χ3v) is 5.65. The number of rotatable bonds is 5. The number of nitrogens with zero attached hydrogens (tertiary/aromatic N) is 3. The second-order valence-corrected chi connectivity index (χ2v) is 7.55. The summed E-state index contributed by atoms with van der Waals surface area (Å²) in [5, 5.41) is 2.56. The van der Waals surface area contributed by atoms with Gasteiger partial charge in [0.15, 0.2) is 5.58 Å². The van der Waals surface area contributed by atoms with E-state index in [1.807, 2.05) is 13.0 Å². The topological polar surface area (TPSA) is 112 Å². The highest BCUT2D eigenvalue weighted by Gasteiger charge is 2.20. The van der Waals surface area contributed by atoms with Gasteiger partial charge in [-0.1, -0.05) is 6.92 Å². The number of aryl methyl sites for hydroxylation is 1. The lowest BCUT2D eigenvalue weighted by Crippen LogP contribution is -2.46. The van der Waals surface area contributed by atoms with E-state index in [1.165, 1.54) is 6.26 Å². The zero-order valence-corrected chi connectivity index (χ0v) is 17.6. The second-order valence-electron chi connectivity index (χ2n) is 7.55. The van der Waals surface area contributed by atoms with Gasteiger partial charge in [0.2, 0.25) is 5.43 Å². The summed E-state index contributed by atoms with van der Waals surface area (Å²) < 4.78 is 5.64. The van der Waals surface area contributed by atoms with Gasteiger partial charge in [-0.3, -0.25) is 19.3 Å². The van der Waals surface area contributed by atoms with Crippen LogP contribution in [0.3, 0.4) is 0 Å². The Morgan fingerprint density at radius 1 is 1.19 bits per heavy atom. The third kappa shape index (κ3) is 4.22. The Kier molecular flexibility index (Phi) is 5.85. The minimum absolute atomic E-state index is 0.197. The SMILES string of the molecule is CCc1cc2occ(CN3CCN(c4ccc(C(=O)NC)nc4)CC3)c(=O)c2[nH]c1=O. The van der Waals surface area contributed by atoms with Crippen LogP contribution in [-0.4, -0.2) is 54.0 Å². The summed E-state index contributed by atoms with van der Waals surface area (Å²) in [5.41, 5.74) is 2.65. The average Bonchev–Trinajstić information content (AvgIpc) is 2.81. The number of carbonyl (C=O) groups is 1. The number of amides is 1. The zero-order chi connectivity index (χ0) is 22.0. The predicted octanol–water partition coefficient (Wildman–Crippen LogP) is 1.12. The largest absolute Gasteiger partial charge is 0.462 e. The van der Waals surface area contributed by atoms with Crippen LogP contribution in [0.25, 0.3) is 11.1 Å². The van der Waals surface area contributed by atoms with Crippen LogP contribution in [0.1, 0.15) is 28.5 Å². The van der Waals surface area contributed by atoms with E-state index in [2.05, 4.69) is 25.1 Å². The van der Waals surface area contributed by atoms with Crippen molar-refractivity contribution >= 4 is 22.7 Å². The molecule has 3 aromatic rings. The lowest BCUT2D eigenvalue weighted by molar-refractivity contribution is 0.0958. The molecule has 0 bridgehead atoms. The van der Waals surface area contributed by atoms with E-state index in [1.54, 1.807) is 25.4 Å². The van der Waals surface area contributed by atoms with Crippen molar-refractivity contribution < 1.29 is 9.21 Å². The van der Waals surface area contributed by atoms with Crippen molar-refractivity contribution in [3.05, 3.63) is 68.1 Å². The van der Waals surface area contributed by atoms with Gasteiger partial charge in [-0.2, -0.15) is 0 Å². The van der Waals surface area contributed by atoms with Gasteiger partial charge in [0, 0.05) is 45.3 Å². The lowest BCUT2D eigenvalue weighted by Gasteiger charge is -2.35. The third-order valence-electron chi connectivity index (χ3n) is 5.65. The van der Waals surface area contributed by atoms with E-state index in [0.717, 1.165) is 31.9 Å². The Bertz CT molecular complexity index is 1210. The fourth-order valence-corrected chi connectivity index (χ4v) is 3.77. The van der Waals surface area contributed by atoms with Gasteiger partial charge in [-0.25, -0.2) is 4.98 Å². The maximum Gasteiger partial charge on any atom is 0.269 e. The molecular weight excluding hydrogens is 398 g/mol. The molecular formula is C22H25N5O4. The van der Waals surface area contributed by atoms with E-state index in [9.17, 15) is 14.4 Å². The molecule has 1 aliphatic rings. The van der Waals surface area contributed by atoms with Gasteiger partial charge in [0.05, 0.1) is 23.7 Å². The summed E-state index contributed by atoms with van der Waals surface area (Å²) >= 11 is 0. The second kappa shape index (κ2) is 8.73. The molecule has 0 radical (unpaired) electrons. The summed E-state index contributed by atoms with van der Waals surface area (Å²) in [6.45, 7) is 5.42. The van der Waals surface area contributed by atoms with Crippen molar-refractivity contribution in [1.29, 1.82) is 0 Å². The highest BCUT2D eigenvalue weighted by atomic mass is 16.3. The molecule has 162 valence electrons. The van der Waals surface area contributed by atoms with Crippen molar-refractivity contribution in [2.24, 2.45) is 0 Å². The first-order chi connectivity index (χ1) is 15.0. The molecule has 0 atom stereocenters. The van der Waals surface area contributed by atoms with Gasteiger partial charge in [0.1, 0.15) is 11.2 Å². The molecule has 0 spiro atoms. The van der Waals surface area contributed by atoms with Crippen LogP contribution in [0.15, 0.2) is 44.7 Å². The number of hydrogen-bond acceptors (Lipinski definition) is 7. The molecule has 4 rings (SSSR count). The van der Waals surface area contributed by atoms with Gasteiger partial charge >= 0.3 is 0 Å². The van der Waals surface area contributed by atoms with E-state index in [4.69, 9.17) is 4.42 Å². The van der Waals surface area contributed by atoms with E-state index in [0.29, 0.717) is 35.4 Å². The fraction of sp³-hybridized carbons (Fsp3) is 0.364. The molecule has 1 aliphatic heterocycles. The predicted molar refractivity (Wildman–Crippen MR) is 118 cm³/mol. The maximum absolute atomic E-state index is 12.8. The summed E-state index contributed by atoms with van der Waals surface area (Å²) in [4.78, 5) is 47.8. The molecule has 2 N–H and O–H groups in total. The highest BCUT2D eigenvalue weighted by molar-refractivity contribution is 5.92. The standard InChI is InChI=1S/C22H25N5O4/c1-3-14-10-18-19(25-21(14)29)20(28)15(13-31-18)12-26-6-8-27(9-7-26)16-4-5-17(24-11-16)22(30)23-2/h4-5,10-11,13H,3,6-9,12H2,1-2H3,(H,23,30)(H,25,29). The zero-order valence-electron chi connectivity index (χ0n) is 17.6. The number of H-pyrrole nitrogens is 1. The highest BCUT2D eigenvalue weighted by Crippen LogP contribution is 2.17. The van der Waals surface area contributed by atoms with E-state index >= 15 is 0 Å². The monoisotopic (exact) mass is 423 g/mol. The van der Waals surface area contributed by atoms with Crippen molar-refractivity contribution in [3.8, 4) is 0 Å². The number of piperazine rings is 1. The van der Waals surface area contributed by atoms with Gasteiger partial charge in [0.25, 0.3) is 11.5 Å². The molecule has 9 heteroatoms. The number of nitrogens with one attached hydrogen (secondary N) is 2. The van der Waals surface area contributed by atoms with E-state index < -0.39 is 0 Å². The molecule has 9 nitrogen and oxygen atoms in total. The van der Waals surface area contributed by atoms with Gasteiger partial charge < -0.3 is 19.6 Å². The molecule has 1 amide bonds. The van der Waals surface area contributed by atoms with Gasteiger partial charge in [-0.05, 0) is 24.6 Å². The molecule has 0 aromatic carbocycles. The minimum Gasteiger partial charge on any atom is -0.462 e. The molecule has 0 unspecified atom stereocenters. The van der Waals surface area contributed by atoms with Crippen molar-refractivity contribution in [3.63, 3.8) is 0 Å². The molecule has 3 aromatic heterocycles. The van der Waals surface area contributed by atoms with Crippen molar-refractivity contribution in [2.75, 3.05) is 38.1 Å². The molecule has 0 saturated carbocycles. The molecule has 0 aliphatic carbocycles. The first-order valence-electron chi connectivity index (χ1n) is 10.3. The number of aromatic nitrogens is 2. The minimum atomic E-state index is -0.246. The Morgan fingerprint density at radius 2 is 1.97 bits per heavy atom. The smallest absolute Gasteiger partial charge is 0.269 e. The Labute approximate surface area is 178 Å². The molecule has 31 heavy (non-hydrogen) atoms.